The molecule has 2 fully saturated rings. The number of anilines is 1. The van der Waals surface area contributed by atoms with Gasteiger partial charge in [0.1, 0.15) is 0 Å². The Morgan fingerprint density at radius 3 is 2.66 bits per heavy atom. The Kier molecular flexibility index (Phi) is 5.42. The highest BCUT2D eigenvalue weighted by atomic mass is 32.1. The number of nitrogens with one attached hydrogen (secondary N) is 1. The molecule has 1 aromatic carbocycles. The number of thiophene rings is 1. The molecule has 1 saturated heterocycles. The van der Waals surface area contributed by atoms with Gasteiger partial charge in [0.15, 0.2) is 5.82 Å². The molecule has 1 atom stereocenters. The van der Waals surface area contributed by atoms with Crippen LogP contribution in [0, 0.1) is 12.8 Å². The Morgan fingerprint density at radius 1 is 1.19 bits per heavy atom. The number of nitrogens with zero attached hydrogens (tertiary/aromatic N) is 4. The van der Waals surface area contributed by atoms with E-state index in [2.05, 4.69) is 10.4 Å². The van der Waals surface area contributed by atoms with E-state index in [9.17, 15) is 14.4 Å². The molecule has 0 bridgehead atoms. The van der Waals surface area contributed by atoms with Crippen LogP contribution in [0.4, 0.5) is 5.69 Å². The van der Waals surface area contributed by atoms with Crippen molar-refractivity contribution in [3.63, 3.8) is 0 Å². The molecular formula is C23H25N5O3S. The fraction of sp³-hybridized carbons (Fsp3) is 0.391. The van der Waals surface area contributed by atoms with Crippen LogP contribution in [0.25, 0.3) is 10.7 Å². The molecule has 1 unspecified atom stereocenters. The number of carbonyl (C=O) groups excluding carboxylic acids is 2. The SMILES string of the molecule is Cc1ccc(N2CC(C(=O)NCCn3nc(-c4cccs4)n(C4CC4)c3=O)CC2=O)cc1. The number of aryl methyl sites for hydroxylation is 1. The summed E-state index contributed by atoms with van der Waals surface area (Å²) in [6.07, 6.45) is 2.18. The fourth-order valence-corrected chi connectivity index (χ4v) is 4.79. The van der Waals surface area contributed by atoms with Crippen LogP contribution in [-0.4, -0.2) is 39.3 Å². The van der Waals surface area contributed by atoms with Gasteiger partial charge in [-0.1, -0.05) is 23.8 Å². The van der Waals surface area contributed by atoms with E-state index in [1.165, 1.54) is 4.68 Å². The number of rotatable bonds is 7. The lowest BCUT2D eigenvalue weighted by atomic mass is 10.1. The number of aromatic nitrogens is 3. The lowest BCUT2D eigenvalue weighted by Crippen LogP contribution is -2.36. The third kappa shape index (κ3) is 4.00. The van der Waals surface area contributed by atoms with Gasteiger partial charge in [0, 0.05) is 31.2 Å². The van der Waals surface area contributed by atoms with Gasteiger partial charge in [-0.3, -0.25) is 14.2 Å². The summed E-state index contributed by atoms with van der Waals surface area (Å²) < 4.78 is 3.22. The largest absolute Gasteiger partial charge is 0.354 e. The molecule has 3 aromatic rings. The van der Waals surface area contributed by atoms with E-state index in [0.717, 1.165) is 29.0 Å². The summed E-state index contributed by atoms with van der Waals surface area (Å²) >= 11 is 1.56. The van der Waals surface area contributed by atoms with Crippen LogP contribution in [0.2, 0.25) is 0 Å². The molecule has 1 N–H and O–H groups in total. The van der Waals surface area contributed by atoms with E-state index in [0.29, 0.717) is 25.5 Å². The van der Waals surface area contributed by atoms with Gasteiger partial charge in [0.05, 0.1) is 17.3 Å². The summed E-state index contributed by atoms with van der Waals surface area (Å²) in [7, 11) is 0. The minimum atomic E-state index is -0.397. The van der Waals surface area contributed by atoms with Gasteiger partial charge in [-0.2, -0.15) is 0 Å². The van der Waals surface area contributed by atoms with Crippen molar-refractivity contribution in [3.8, 4) is 10.7 Å². The first-order valence-electron chi connectivity index (χ1n) is 10.9. The predicted molar refractivity (Wildman–Crippen MR) is 123 cm³/mol. The molecule has 2 aromatic heterocycles. The first-order chi connectivity index (χ1) is 15.5. The standard InChI is InChI=1S/C23H25N5O3S/c1-15-4-6-17(7-5-15)26-14-16(13-20(26)29)22(30)24-10-11-27-23(31)28(18-8-9-18)21(25-27)19-3-2-12-32-19/h2-7,12,16,18H,8-11,13-14H2,1H3,(H,24,30). The zero-order valence-electron chi connectivity index (χ0n) is 17.9. The van der Waals surface area contributed by atoms with Crippen molar-refractivity contribution >= 4 is 28.8 Å². The van der Waals surface area contributed by atoms with Gasteiger partial charge < -0.3 is 10.2 Å². The maximum Gasteiger partial charge on any atom is 0.346 e. The van der Waals surface area contributed by atoms with Crippen molar-refractivity contribution in [2.45, 2.75) is 38.8 Å². The second-order valence-electron chi connectivity index (χ2n) is 8.44. The third-order valence-electron chi connectivity index (χ3n) is 5.99. The summed E-state index contributed by atoms with van der Waals surface area (Å²) in [5.41, 5.74) is 1.80. The number of hydrogen-bond acceptors (Lipinski definition) is 5. The molecule has 1 saturated carbocycles. The van der Waals surface area contributed by atoms with Gasteiger partial charge in [0.2, 0.25) is 11.8 Å². The van der Waals surface area contributed by atoms with Crippen molar-refractivity contribution in [1.82, 2.24) is 19.7 Å². The third-order valence-corrected chi connectivity index (χ3v) is 6.85. The highest BCUT2D eigenvalue weighted by Gasteiger charge is 2.35. The molecule has 0 spiro atoms. The molecule has 166 valence electrons. The Morgan fingerprint density at radius 2 is 1.97 bits per heavy atom. The Labute approximate surface area is 189 Å². The van der Waals surface area contributed by atoms with Crippen LogP contribution >= 0.6 is 11.3 Å². The lowest BCUT2D eigenvalue weighted by Gasteiger charge is -2.17. The maximum absolute atomic E-state index is 12.9. The summed E-state index contributed by atoms with van der Waals surface area (Å²) in [5.74, 6) is 0.0929. The zero-order valence-corrected chi connectivity index (χ0v) is 18.7. The monoisotopic (exact) mass is 451 g/mol. The molecule has 8 nitrogen and oxygen atoms in total. The van der Waals surface area contributed by atoms with Gasteiger partial charge in [-0.25, -0.2) is 9.48 Å². The van der Waals surface area contributed by atoms with Gasteiger partial charge in [-0.15, -0.1) is 16.4 Å². The Hall–Kier alpha value is -3.20. The van der Waals surface area contributed by atoms with Crippen molar-refractivity contribution in [2.24, 2.45) is 5.92 Å². The van der Waals surface area contributed by atoms with Crippen molar-refractivity contribution in [1.29, 1.82) is 0 Å². The van der Waals surface area contributed by atoms with E-state index < -0.39 is 5.92 Å². The van der Waals surface area contributed by atoms with Gasteiger partial charge in [0.25, 0.3) is 0 Å². The first kappa shape index (κ1) is 20.7. The lowest BCUT2D eigenvalue weighted by molar-refractivity contribution is -0.126. The zero-order chi connectivity index (χ0) is 22.2. The molecular weight excluding hydrogens is 426 g/mol. The quantitative estimate of drug-likeness (QED) is 0.598. The topological polar surface area (TPSA) is 89.2 Å². The van der Waals surface area contributed by atoms with E-state index >= 15 is 0 Å². The number of amides is 2. The highest BCUT2D eigenvalue weighted by molar-refractivity contribution is 7.13. The maximum atomic E-state index is 12.9. The van der Waals surface area contributed by atoms with Crippen molar-refractivity contribution in [3.05, 3.63) is 57.8 Å². The van der Waals surface area contributed by atoms with Crippen LogP contribution in [0.3, 0.4) is 0 Å². The Balaban J connectivity index is 1.21. The summed E-state index contributed by atoms with van der Waals surface area (Å²) in [4.78, 5) is 40.6. The molecule has 1 aliphatic heterocycles. The summed E-state index contributed by atoms with van der Waals surface area (Å²) in [5, 5.41) is 9.40. The fourth-order valence-electron chi connectivity index (χ4n) is 4.09. The molecule has 3 heterocycles. The molecule has 1 aliphatic carbocycles. The molecule has 32 heavy (non-hydrogen) atoms. The molecule has 2 amide bonds. The van der Waals surface area contributed by atoms with Gasteiger partial charge >= 0.3 is 5.69 Å². The molecule has 5 rings (SSSR count). The second-order valence-corrected chi connectivity index (χ2v) is 9.39. The summed E-state index contributed by atoms with van der Waals surface area (Å²) in [6.45, 7) is 2.95. The molecule has 0 radical (unpaired) electrons. The molecule has 9 heteroatoms. The minimum Gasteiger partial charge on any atom is -0.354 e. The van der Waals surface area contributed by atoms with E-state index in [1.54, 1.807) is 20.8 Å². The normalized spacial score (nSPS) is 18.3. The minimum absolute atomic E-state index is 0.0472. The average Bonchev–Trinajstić information content (AvgIpc) is 3.18. The summed E-state index contributed by atoms with van der Waals surface area (Å²) in [6, 6.07) is 11.9. The van der Waals surface area contributed by atoms with Crippen LogP contribution < -0.4 is 15.9 Å². The van der Waals surface area contributed by atoms with E-state index in [-0.39, 0.29) is 30.0 Å². The predicted octanol–water partition coefficient (Wildman–Crippen LogP) is 2.59. The molecule has 2 aliphatic rings. The number of carbonyl (C=O) groups is 2. The Bertz CT molecular complexity index is 1190. The van der Waals surface area contributed by atoms with Crippen LogP contribution in [0.1, 0.15) is 30.9 Å². The number of hydrogen-bond donors (Lipinski definition) is 1. The van der Waals surface area contributed by atoms with Crippen molar-refractivity contribution < 1.29 is 9.59 Å². The van der Waals surface area contributed by atoms with Gasteiger partial charge in [-0.05, 0) is 43.3 Å². The average molecular weight is 452 g/mol. The first-order valence-corrected chi connectivity index (χ1v) is 11.8. The van der Waals surface area contributed by atoms with Crippen LogP contribution in [0.15, 0.2) is 46.6 Å². The van der Waals surface area contributed by atoms with Crippen LogP contribution in [0.5, 0.6) is 0 Å². The number of benzene rings is 1. The second kappa shape index (κ2) is 8.38. The van der Waals surface area contributed by atoms with E-state index in [1.807, 2.05) is 48.7 Å². The highest BCUT2D eigenvalue weighted by Crippen LogP contribution is 2.37. The van der Waals surface area contributed by atoms with Crippen molar-refractivity contribution in [2.75, 3.05) is 18.0 Å². The van der Waals surface area contributed by atoms with E-state index in [4.69, 9.17) is 0 Å². The smallest absolute Gasteiger partial charge is 0.346 e. The van der Waals surface area contributed by atoms with Crippen LogP contribution in [-0.2, 0) is 16.1 Å².